The first-order valence-corrected chi connectivity index (χ1v) is 10.5. The standard InChI is InChI=1S/C26H27N3/c1-18-28-25-23(27)14-9-15-24(25)29(18)17-8-7-16-26(2)21-12-5-3-10-19(21)20-11-4-6-13-22(20)26/h3-6,9-15H,7-8,16-17,27H2,1-2H3. The molecule has 5 rings (SSSR count). The van der Waals surface area contributed by atoms with Crippen molar-refractivity contribution in [2.24, 2.45) is 0 Å². The van der Waals surface area contributed by atoms with Crippen LogP contribution in [0.1, 0.15) is 43.1 Å². The molecular weight excluding hydrogens is 354 g/mol. The molecule has 1 aromatic heterocycles. The number of rotatable bonds is 5. The predicted molar refractivity (Wildman–Crippen MR) is 121 cm³/mol. The first-order valence-electron chi connectivity index (χ1n) is 10.5. The third-order valence-electron chi connectivity index (χ3n) is 6.64. The maximum Gasteiger partial charge on any atom is 0.112 e. The van der Waals surface area contributed by atoms with E-state index in [0.717, 1.165) is 41.9 Å². The van der Waals surface area contributed by atoms with E-state index in [2.05, 4.69) is 78.0 Å². The van der Waals surface area contributed by atoms with Crippen molar-refractivity contribution in [1.29, 1.82) is 0 Å². The number of nitrogens with zero attached hydrogens (tertiary/aromatic N) is 2. The van der Waals surface area contributed by atoms with Crippen molar-refractivity contribution in [2.45, 2.75) is 45.1 Å². The number of hydrogen-bond acceptors (Lipinski definition) is 2. The summed E-state index contributed by atoms with van der Waals surface area (Å²) in [4.78, 5) is 4.68. The zero-order valence-corrected chi connectivity index (χ0v) is 17.2. The van der Waals surface area contributed by atoms with Crippen LogP contribution >= 0.6 is 0 Å². The normalized spacial score (nSPS) is 14.1. The van der Waals surface area contributed by atoms with Gasteiger partial charge in [0.1, 0.15) is 11.3 Å². The third-order valence-corrected chi connectivity index (χ3v) is 6.64. The topological polar surface area (TPSA) is 43.8 Å². The Labute approximate surface area is 172 Å². The molecule has 1 heterocycles. The molecule has 0 atom stereocenters. The van der Waals surface area contributed by atoms with Crippen molar-refractivity contribution in [1.82, 2.24) is 9.55 Å². The lowest BCUT2D eigenvalue weighted by Crippen LogP contribution is -2.20. The van der Waals surface area contributed by atoms with Crippen LogP contribution in [0.25, 0.3) is 22.2 Å². The number of hydrogen-bond donors (Lipinski definition) is 1. The lowest BCUT2D eigenvalue weighted by Gasteiger charge is -2.27. The molecule has 3 aromatic carbocycles. The molecule has 0 unspecified atom stereocenters. The minimum atomic E-state index is 0.0870. The van der Waals surface area contributed by atoms with Gasteiger partial charge in [0.2, 0.25) is 0 Å². The Morgan fingerprint density at radius 1 is 0.862 bits per heavy atom. The van der Waals surface area contributed by atoms with E-state index in [1.807, 2.05) is 12.1 Å². The van der Waals surface area contributed by atoms with E-state index in [9.17, 15) is 0 Å². The van der Waals surface area contributed by atoms with Crippen molar-refractivity contribution < 1.29 is 0 Å². The van der Waals surface area contributed by atoms with E-state index in [1.54, 1.807) is 0 Å². The van der Waals surface area contributed by atoms with Gasteiger partial charge >= 0.3 is 0 Å². The van der Waals surface area contributed by atoms with Crippen molar-refractivity contribution in [3.8, 4) is 11.1 Å². The van der Waals surface area contributed by atoms with E-state index in [0.29, 0.717) is 0 Å². The maximum absolute atomic E-state index is 6.11. The molecule has 1 aliphatic rings. The van der Waals surface area contributed by atoms with E-state index >= 15 is 0 Å². The highest BCUT2D eigenvalue weighted by Gasteiger charge is 2.38. The van der Waals surface area contributed by atoms with Gasteiger partial charge in [-0.2, -0.15) is 0 Å². The average molecular weight is 382 g/mol. The maximum atomic E-state index is 6.11. The molecule has 0 aliphatic heterocycles. The van der Waals surface area contributed by atoms with Crippen LogP contribution in [0.15, 0.2) is 66.7 Å². The molecule has 1 aliphatic carbocycles. The number of benzene rings is 3. The van der Waals surface area contributed by atoms with Crippen LogP contribution in [-0.4, -0.2) is 9.55 Å². The zero-order valence-electron chi connectivity index (χ0n) is 17.2. The number of nitrogen functional groups attached to an aromatic ring is 1. The second kappa shape index (κ2) is 6.77. The summed E-state index contributed by atoms with van der Waals surface area (Å²) in [6.45, 7) is 5.46. The van der Waals surface area contributed by atoms with Crippen molar-refractivity contribution in [3.05, 3.63) is 83.7 Å². The number of para-hydroxylation sites is 1. The van der Waals surface area contributed by atoms with Gasteiger partial charge in [-0.15, -0.1) is 0 Å². The molecule has 146 valence electrons. The molecule has 0 fully saturated rings. The highest BCUT2D eigenvalue weighted by molar-refractivity contribution is 5.87. The fourth-order valence-corrected chi connectivity index (χ4v) is 5.13. The molecule has 3 nitrogen and oxygen atoms in total. The van der Waals surface area contributed by atoms with Gasteiger partial charge in [-0.05, 0) is 54.2 Å². The van der Waals surface area contributed by atoms with Crippen LogP contribution in [-0.2, 0) is 12.0 Å². The highest BCUT2D eigenvalue weighted by Crippen LogP contribution is 2.50. The van der Waals surface area contributed by atoms with E-state index in [-0.39, 0.29) is 5.41 Å². The van der Waals surface area contributed by atoms with Crippen LogP contribution in [0, 0.1) is 6.92 Å². The molecule has 0 radical (unpaired) electrons. The molecule has 3 heteroatoms. The molecule has 2 N–H and O–H groups in total. The zero-order chi connectivity index (χ0) is 20.0. The summed E-state index contributed by atoms with van der Waals surface area (Å²) in [5.74, 6) is 1.04. The monoisotopic (exact) mass is 381 g/mol. The second-order valence-corrected chi connectivity index (χ2v) is 8.41. The van der Waals surface area contributed by atoms with Crippen molar-refractivity contribution >= 4 is 16.7 Å². The lowest BCUT2D eigenvalue weighted by molar-refractivity contribution is 0.477. The van der Waals surface area contributed by atoms with Gasteiger partial charge in [0.15, 0.2) is 0 Å². The van der Waals surface area contributed by atoms with Crippen LogP contribution in [0.5, 0.6) is 0 Å². The Balaban J connectivity index is 1.36. The van der Waals surface area contributed by atoms with Gasteiger partial charge in [0.05, 0.1) is 11.2 Å². The number of aryl methyl sites for hydroxylation is 2. The summed E-state index contributed by atoms with van der Waals surface area (Å²) in [5.41, 5.74) is 14.8. The summed E-state index contributed by atoms with van der Waals surface area (Å²) in [7, 11) is 0. The molecule has 0 bridgehead atoms. The van der Waals surface area contributed by atoms with Crippen LogP contribution in [0.3, 0.4) is 0 Å². The van der Waals surface area contributed by atoms with Crippen molar-refractivity contribution in [2.75, 3.05) is 5.73 Å². The Hall–Kier alpha value is -3.07. The molecule has 4 aromatic rings. The Morgan fingerprint density at radius 2 is 1.52 bits per heavy atom. The predicted octanol–water partition coefficient (Wildman–Crippen LogP) is 6.08. The molecule has 0 saturated heterocycles. The van der Waals surface area contributed by atoms with Gasteiger partial charge < -0.3 is 10.3 Å². The molecule has 0 amide bonds. The SMILES string of the molecule is Cc1nc2c(N)cccc2n1CCCCC1(C)c2ccccc2-c2ccccc21. The summed E-state index contributed by atoms with van der Waals surface area (Å²) >= 11 is 0. The number of aromatic nitrogens is 2. The minimum Gasteiger partial charge on any atom is -0.397 e. The highest BCUT2D eigenvalue weighted by atomic mass is 15.1. The number of fused-ring (bicyclic) bond motifs is 4. The average Bonchev–Trinajstić information content (AvgIpc) is 3.20. The number of anilines is 1. The Kier molecular flexibility index (Phi) is 4.20. The van der Waals surface area contributed by atoms with Gasteiger partial charge in [0.25, 0.3) is 0 Å². The van der Waals surface area contributed by atoms with Gasteiger partial charge in [0, 0.05) is 12.0 Å². The summed E-state index contributed by atoms with van der Waals surface area (Å²) in [6, 6.07) is 23.9. The summed E-state index contributed by atoms with van der Waals surface area (Å²) in [6.07, 6.45) is 3.44. The van der Waals surface area contributed by atoms with Crippen LogP contribution < -0.4 is 5.73 Å². The van der Waals surface area contributed by atoms with E-state index in [4.69, 9.17) is 5.73 Å². The molecular formula is C26H27N3. The second-order valence-electron chi connectivity index (χ2n) is 8.41. The Morgan fingerprint density at radius 3 is 2.21 bits per heavy atom. The smallest absolute Gasteiger partial charge is 0.112 e. The fourth-order valence-electron chi connectivity index (χ4n) is 5.13. The van der Waals surface area contributed by atoms with E-state index in [1.165, 1.54) is 28.7 Å². The third kappa shape index (κ3) is 2.76. The number of unbranched alkanes of at least 4 members (excludes halogenated alkanes) is 1. The molecule has 29 heavy (non-hydrogen) atoms. The van der Waals surface area contributed by atoms with E-state index < -0.39 is 0 Å². The fraction of sp³-hybridized carbons (Fsp3) is 0.269. The first-order chi connectivity index (χ1) is 14.1. The number of nitrogens with two attached hydrogens (primary N) is 1. The van der Waals surface area contributed by atoms with Gasteiger partial charge in [-0.1, -0.05) is 67.9 Å². The largest absolute Gasteiger partial charge is 0.397 e. The summed E-state index contributed by atoms with van der Waals surface area (Å²) in [5, 5.41) is 0. The van der Waals surface area contributed by atoms with Gasteiger partial charge in [-0.25, -0.2) is 4.98 Å². The lowest BCUT2D eigenvalue weighted by atomic mass is 9.76. The van der Waals surface area contributed by atoms with Crippen LogP contribution in [0.4, 0.5) is 5.69 Å². The summed E-state index contributed by atoms with van der Waals surface area (Å²) < 4.78 is 2.31. The molecule has 0 saturated carbocycles. The van der Waals surface area contributed by atoms with Gasteiger partial charge in [-0.3, -0.25) is 0 Å². The Bertz CT molecular complexity index is 1160. The van der Waals surface area contributed by atoms with Crippen molar-refractivity contribution in [3.63, 3.8) is 0 Å². The first kappa shape index (κ1) is 18.0. The minimum absolute atomic E-state index is 0.0870. The van der Waals surface area contributed by atoms with Crippen LogP contribution in [0.2, 0.25) is 0 Å². The number of imidazole rings is 1. The quantitative estimate of drug-likeness (QED) is 0.336. The molecule has 0 spiro atoms.